The largest absolute Gasteiger partial charge is 0.274 e. The predicted octanol–water partition coefficient (Wildman–Crippen LogP) is 3.89. The van der Waals surface area contributed by atoms with Gasteiger partial charge in [-0.2, -0.15) is 0 Å². The molecule has 0 atom stereocenters. The summed E-state index contributed by atoms with van der Waals surface area (Å²) in [6.07, 6.45) is 0. The maximum Gasteiger partial charge on any atom is 0.165 e. The number of halogens is 4. The Balaban J connectivity index is 2.41. The van der Waals surface area contributed by atoms with Crippen molar-refractivity contribution in [3.05, 3.63) is 53.2 Å². The minimum absolute atomic E-state index is 0.0638. The van der Waals surface area contributed by atoms with Crippen molar-refractivity contribution in [2.45, 2.75) is 12.8 Å². The predicted molar refractivity (Wildman–Crippen MR) is 73.0 cm³/mol. The second-order valence-corrected chi connectivity index (χ2v) is 4.78. The Morgan fingerprint density at radius 3 is 2.38 bits per heavy atom. The third-order valence-electron chi connectivity index (χ3n) is 3.04. The van der Waals surface area contributed by atoms with E-state index >= 15 is 0 Å². The zero-order chi connectivity index (χ0) is 15.1. The molecule has 0 N–H and O–H groups in total. The third-order valence-corrected chi connectivity index (χ3v) is 3.28. The van der Waals surface area contributed by atoms with Gasteiger partial charge >= 0.3 is 0 Å². The van der Waals surface area contributed by atoms with Crippen LogP contribution < -0.4 is 0 Å². The van der Waals surface area contributed by atoms with Gasteiger partial charge in [0.25, 0.3) is 0 Å². The van der Waals surface area contributed by atoms with Crippen molar-refractivity contribution in [3.63, 3.8) is 0 Å². The van der Waals surface area contributed by atoms with Crippen LogP contribution in [0.2, 0.25) is 0 Å². The molecule has 2 aromatic heterocycles. The Labute approximate surface area is 123 Å². The molecule has 7 heteroatoms. The Kier molecular flexibility index (Phi) is 3.33. The molecule has 0 unspecified atom stereocenters. The van der Waals surface area contributed by atoms with Gasteiger partial charge in [0, 0.05) is 17.8 Å². The van der Waals surface area contributed by atoms with E-state index in [9.17, 15) is 13.2 Å². The van der Waals surface area contributed by atoms with E-state index in [0.29, 0.717) is 23.3 Å². The minimum atomic E-state index is -1.04. The van der Waals surface area contributed by atoms with Crippen LogP contribution in [-0.4, -0.2) is 14.5 Å². The lowest BCUT2D eigenvalue weighted by Crippen LogP contribution is -2.07. The van der Waals surface area contributed by atoms with Gasteiger partial charge in [0.15, 0.2) is 17.3 Å². The zero-order valence-corrected chi connectivity index (χ0v) is 11.6. The second-order valence-electron chi connectivity index (χ2n) is 4.51. The van der Waals surface area contributed by atoms with Crippen LogP contribution >= 0.6 is 11.6 Å². The van der Waals surface area contributed by atoms with Gasteiger partial charge in [0.1, 0.15) is 22.8 Å². The number of rotatable bonds is 2. The number of hydrogen-bond acceptors (Lipinski definition) is 2. The van der Waals surface area contributed by atoms with Crippen LogP contribution in [0.25, 0.3) is 16.9 Å². The van der Waals surface area contributed by atoms with Crippen LogP contribution in [0.5, 0.6) is 0 Å². The molecule has 3 nitrogen and oxygen atoms in total. The lowest BCUT2D eigenvalue weighted by atomic mass is 10.2. The molecule has 1 aromatic carbocycles. The van der Waals surface area contributed by atoms with Crippen LogP contribution in [0, 0.1) is 24.4 Å². The van der Waals surface area contributed by atoms with Gasteiger partial charge in [0.2, 0.25) is 0 Å². The van der Waals surface area contributed by atoms with Crippen LogP contribution in [0.15, 0.2) is 24.3 Å². The number of alkyl halides is 1. The van der Waals surface area contributed by atoms with Crippen LogP contribution in [0.3, 0.4) is 0 Å². The molecular weight excluding hydrogens is 303 g/mol. The highest BCUT2D eigenvalue weighted by atomic mass is 35.5. The van der Waals surface area contributed by atoms with Crippen molar-refractivity contribution in [2.24, 2.45) is 0 Å². The van der Waals surface area contributed by atoms with E-state index in [4.69, 9.17) is 11.6 Å². The van der Waals surface area contributed by atoms with E-state index in [1.54, 1.807) is 19.1 Å². The fraction of sp³-hybridized carbons (Fsp3) is 0.143. The van der Waals surface area contributed by atoms with Crippen molar-refractivity contribution in [3.8, 4) is 5.69 Å². The highest BCUT2D eigenvalue weighted by molar-refractivity contribution is 6.16. The number of benzene rings is 1. The number of hydrogen-bond donors (Lipinski definition) is 0. The maximum absolute atomic E-state index is 14.0. The molecule has 21 heavy (non-hydrogen) atoms. The molecule has 0 amide bonds. The molecule has 0 spiro atoms. The number of aryl methyl sites for hydroxylation is 1. The standard InChI is InChI=1S/C14H9ClF3N3/c1-7-2-3-11-14(19-7)21(12(6-15)20-11)13-9(17)4-8(16)5-10(13)18/h2-5H,6H2,1H3. The van der Waals surface area contributed by atoms with Gasteiger partial charge in [-0.25, -0.2) is 23.1 Å². The molecule has 0 aliphatic rings. The summed E-state index contributed by atoms with van der Waals surface area (Å²) in [6.45, 7) is 1.74. The highest BCUT2D eigenvalue weighted by Gasteiger charge is 2.20. The molecule has 0 fully saturated rings. The number of aromatic nitrogens is 3. The lowest BCUT2D eigenvalue weighted by Gasteiger charge is -2.10. The Morgan fingerprint density at radius 2 is 1.76 bits per heavy atom. The van der Waals surface area contributed by atoms with Gasteiger partial charge in [-0.05, 0) is 19.1 Å². The van der Waals surface area contributed by atoms with E-state index in [1.807, 2.05) is 0 Å². The molecule has 0 bridgehead atoms. The maximum atomic E-state index is 14.0. The molecule has 0 aliphatic carbocycles. The molecular formula is C14H9ClF3N3. The normalized spacial score (nSPS) is 11.3. The zero-order valence-electron chi connectivity index (χ0n) is 10.9. The Hall–Kier alpha value is -2.08. The van der Waals surface area contributed by atoms with Gasteiger partial charge in [-0.3, -0.25) is 4.57 Å². The van der Waals surface area contributed by atoms with Gasteiger partial charge < -0.3 is 0 Å². The monoisotopic (exact) mass is 311 g/mol. The summed E-state index contributed by atoms with van der Waals surface area (Å²) < 4.78 is 42.3. The van der Waals surface area contributed by atoms with Gasteiger partial charge in [-0.1, -0.05) is 0 Å². The summed E-state index contributed by atoms with van der Waals surface area (Å²) in [5, 5.41) is 0. The molecule has 0 aliphatic heterocycles. The summed E-state index contributed by atoms with van der Waals surface area (Å²) in [5.74, 6) is -2.90. The second kappa shape index (κ2) is 5.04. The first-order valence-electron chi connectivity index (χ1n) is 6.07. The summed E-state index contributed by atoms with van der Waals surface area (Å²) >= 11 is 5.80. The van der Waals surface area contributed by atoms with Crippen LogP contribution in [-0.2, 0) is 5.88 Å². The Bertz CT molecular complexity index is 822. The lowest BCUT2D eigenvalue weighted by molar-refractivity contribution is 0.533. The van der Waals surface area contributed by atoms with Gasteiger partial charge in [0.05, 0.1) is 5.88 Å². The molecule has 2 heterocycles. The SMILES string of the molecule is Cc1ccc2nc(CCl)n(-c3c(F)cc(F)cc3F)c2n1. The smallest absolute Gasteiger partial charge is 0.165 e. The van der Waals surface area contributed by atoms with Gasteiger partial charge in [-0.15, -0.1) is 11.6 Å². The molecule has 0 radical (unpaired) electrons. The summed E-state index contributed by atoms with van der Waals surface area (Å²) in [7, 11) is 0. The number of nitrogens with zero attached hydrogens (tertiary/aromatic N) is 3. The quantitative estimate of drug-likeness (QED) is 0.672. The topological polar surface area (TPSA) is 30.7 Å². The van der Waals surface area contributed by atoms with E-state index in [1.165, 1.54) is 4.57 Å². The van der Waals surface area contributed by atoms with E-state index in [0.717, 1.165) is 0 Å². The molecule has 108 valence electrons. The average Bonchev–Trinajstić information content (AvgIpc) is 2.76. The van der Waals surface area contributed by atoms with E-state index < -0.39 is 23.1 Å². The minimum Gasteiger partial charge on any atom is -0.274 e. The van der Waals surface area contributed by atoms with Crippen molar-refractivity contribution in [1.82, 2.24) is 14.5 Å². The Morgan fingerprint density at radius 1 is 1.10 bits per heavy atom. The summed E-state index contributed by atoms with van der Waals surface area (Å²) in [5.41, 5.74) is 0.954. The highest BCUT2D eigenvalue weighted by Crippen LogP contribution is 2.26. The van der Waals surface area contributed by atoms with E-state index in [-0.39, 0.29) is 17.4 Å². The fourth-order valence-corrected chi connectivity index (χ4v) is 2.35. The van der Waals surface area contributed by atoms with Crippen molar-refractivity contribution >= 4 is 22.8 Å². The van der Waals surface area contributed by atoms with Crippen LogP contribution in [0.4, 0.5) is 13.2 Å². The van der Waals surface area contributed by atoms with E-state index in [2.05, 4.69) is 9.97 Å². The molecule has 0 saturated heterocycles. The fourth-order valence-electron chi connectivity index (χ4n) is 2.17. The number of pyridine rings is 1. The van der Waals surface area contributed by atoms with Crippen molar-refractivity contribution < 1.29 is 13.2 Å². The molecule has 3 aromatic rings. The van der Waals surface area contributed by atoms with Crippen molar-refractivity contribution in [1.29, 1.82) is 0 Å². The first-order chi connectivity index (χ1) is 10.0. The van der Waals surface area contributed by atoms with Crippen LogP contribution in [0.1, 0.15) is 11.5 Å². The molecule has 0 saturated carbocycles. The number of fused-ring (bicyclic) bond motifs is 1. The van der Waals surface area contributed by atoms with Crippen molar-refractivity contribution in [2.75, 3.05) is 0 Å². The summed E-state index contributed by atoms with van der Waals surface area (Å²) in [6, 6.07) is 4.63. The number of imidazole rings is 1. The average molecular weight is 312 g/mol. The summed E-state index contributed by atoms with van der Waals surface area (Å²) in [4.78, 5) is 8.43. The third kappa shape index (κ3) is 2.25. The first kappa shape index (κ1) is 13.9. The first-order valence-corrected chi connectivity index (χ1v) is 6.60. The molecule has 3 rings (SSSR count).